The molecule has 0 aromatic heterocycles. The Labute approximate surface area is 133 Å². The van der Waals surface area contributed by atoms with Gasteiger partial charge in [-0.15, -0.1) is 0 Å². The van der Waals surface area contributed by atoms with Crippen LogP contribution < -0.4 is 0 Å². The maximum atomic E-state index is 10.7. The Bertz CT molecular complexity index is 430. The molecule has 1 aromatic carbocycles. The standard InChI is InChI=1S/C9H6O6.Ba.2H/c10-7(11)4-2-1-3-5(8(12)13)6(4)9(14)15;;;/h1-3H,(H,10,11)(H,12,13)(H,14,15);;;/q;+2;2*-1. The van der Waals surface area contributed by atoms with Gasteiger partial charge in [0.05, 0.1) is 16.7 Å². The Kier molecular flexibility index (Phi) is 5.76. The SMILES string of the molecule is O=C(O)c1cccc(C(=O)O)c1C(=O)O.[Ba+2].[H-].[H-]. The summed E-state index contributed by atoms with van der Waals surface area (Å²) < 4.78 is 0. The molecule has 0 bridgehead atoms. The van der Waals surface area contributed by atoms with Crippen molar-refractivity contribution in [2.24, 2.45) is 0 Å². The van der Waals surface area contributed by atoms with E-state index >= 15 is 0 Å². The minimum absolute atomic E-state index is 0. The van der Waals surface area contributed by atoms with Gasteiger partial charge in [0.1, 0.15) is 0 Å². The predicted molar refractivity (Wildman–Crippen MR) is 55.3 cm³/mol. The molecule has 0 heterocycles. The summed E-state index contributed by atoms with van der Waals surface area (Å²) in [6.45, 7) is 0. The minimum atomic E-state index is -1.58. The van der Waals surface area contributed by atoms with Crippen LogP contribution >= 0.6 is 0 Å². The van der Waals surface area contributed by atoms with E-state index in [9.17, 15) is 14.4 Å². The molecule has 0 saturated heterocycles. The van der Waals surface area contributed by atoms with E-state index in [1.807, 2.05) is 0 Å². The third-order valence-electron chi connectivity index (χ3n) is 1.74. The summed E-state index contributed by atoms with van der Waals surface area (Å²) in [6, 6.07) is 3.26. The van der Waals surface area contributed by atoms with E-state index < -0.39 is 34.6 Å². The van der Waals surface area contributed by atoms with Crippen molar-refractivity contribution in [3.05, 3.63) is 34.9 Å². The summed E-state index contributed by atoms with van der Waals surface area (Å²) in [5, 5.41) is 26.0. The first-order valence-electron chi connectivity index (χ1n) is 3.78. The van der Waals surface area contributed by atoms with Crippen LogP contribution in [0.5, 0.6) is 0 Å². The van der Waals surface area contributed by atoms with Crippen molar-refractivity contribution >= 4 is 66.8 Å². The maximum Gasteiger partial charge on any atom is 2.00 e. The molecule has 82 valence electrons. The Balaban J connectivity index is -0.000000750. The fourth-order valence-corrected chi connectivity index (χ4v) is 1.14. The van der Waals surface area contributed by atoms with Crippen LogP contribution in [-0.4, -0.2) is 82.1 Å². The molecule has 0 aliphatic carbocycles. The molecule has 0 atom stereocenters. The molecule has 0 unspecified atom stereocenters. The number of carbonyl (C=O) groups is 3. The van der Waals surface area contributed by atoms with Crippen LogP contribution in [0, 0.1) is 0 Å². The zero-order chi connectivity index (χ0) is 11.6. The van der Waals surface area contributed by atoms with E-state index in [1.165, 1.54) is 6.07 Å². The predicted octanol–water partition coefficient (Wildman–Crippen LogP) is 0.625. The summed E-state index contributed by atoms with van der Waals surface area (Å²) in [5.41, 5.74) is -1.79. The zero-order valence-corrected chi connectivity index (χ0v) is 12.4. The second-order valence-electron chi connectivity index (χ2n) is 2.64. The van der Waals surface area contributed by atoms with Gasteiger partial charge in [0.15, 0.2) is 0 Å². The van der Waals surface area contributed by atoms with Crippen molar-refractivity contribution in [3.63, 3.8) is 0 Å². The fraction of sp³-hybridized carbons (Fsp3) is 0. The normalized spacial score (nSPS) is 9.00. The second kappa shape index (κ2) is 6.06. The maximum absolute atomic E-state index is 10.7. The van der Waals surface area contributed by atoms with Gasteiger partial charge in [-0.1, -0.05) is 6.07 Å². The molecule has 0 spiro atoms. The van der Waals surface area contributed by atoms with Gasteiger partial charge < -0.3 is 18.2 Å². The monoisotopic (exact) mass is 350 g/mol. The molecule has 0 fully saturated rings. The fourth-order valence-electron chi connectivity index (χ4n) is 1.14. The van der Waals surface area contributed by atoms with Gasteiger partial charge in [0.25, 0.3) is 0 Å². The topological polar surface area (TPSA) is 112 Å². The molecule has 7 heteroatoms. The van der Waals surface area contributed by atoms with Crippen molar-refractivity contribution < 1.29 is 32.6 Å². The van der Waals surface area contributed by atoms with Gasteiger partial charge in [-0.3, -0.25) is 0 Å². The molecule has 0 radical (unpaired) electrons. The van der Waals surface area contributed by atoms with Gasteiger partial charge >= 0.3 is 66.8 Å². The smallest absolute Gasteiger partial charge is 1.00 e. The third kappa shape index (κ3) is 3.09. The van der Waals surface area contributed by atoms with E-state index in [-0.39, 0.29) is 51.7 Å². The first-order valence-corrected chi connectivity index (χ1v) is 3.78. The zero-order valence-electron chi connectivity index (χ0n) is 10.0. The first-order chi connectivity index (χ1) is 6.95. The van der Waals surface area contributed by atoms with Crippen molar-refractivity contribution in [1.29, 1.82) is 0 Å². The molecule has 6 nitrogen and oxygen atoms in total. The number of hydrogen-bond donors (Lipinski definition) is 3. The Morgan fingerprint density at radius 3 is 1.50 bits per heavy atom. The molecule has 1 aromatic rings. The Morgan fingerprint density at radius 1 is 0.875 bits per heavy atom. The average molecular weight is 349 g/mol. The van der Waals surface area contributed by atoms with Gasteiger partial charge in [-0.2, -0.15) is 0 Å². The van der Waals surface area contributed by atoms with Crippen molar-refractivity contribution in [1.82, 2.24) is 0 Å². The van der Waals surface area contributed by atoms with E-state index in [0.29, 0.717) is 0 Å². The Hall–Kier alpha value is -0.799. The van der Waals surface area contributed by atoms with E-state index in [4.69, 9.17) is 15.3 Å². The van der Waals surface area contributed by atoms with Crippen LogP contribution in [0.1, 0.15) is 33.9 Å². The second-order valence-corrected chi connectivity index (χ2v) is 2.64. The number of hydrogen-bond acceptors (Lipinski definition) is 3. The molecule has 1 rings (SSSR count). The van der Waals surface area contributed by atoms with E-state index in [1.54, 1.807) is 0 Å². The van der Waals surface area contributed by atoms with Crippen LogP contribution in [0.2, 0.25) is 0 Å². The van der Waals surface area contributed by atoms with Gasteiger partial charge in [-0.25, -0.2) is 14.4 Å². The van der Waals surface area contributed by atoms with Gasteiger partial charge in [0, 0.05) is 0 Å². The van der Waals surface area contributed by atoms with Crippen molar-refractivity contribution in [3.8, 4) is 0 Å². The van der Waals surface area contributed by atoms with Crippen LogP contribution in [-0.2, 0) is 0 Å². The third-order valence-corrected chi connectivity index (χ3v) is 1.74. The first kappa shape index (κ1) is 15.2. The summed E-state index contributed by atoms with van der Waals surface area (Å²) in [5.74, 6) is -4.53. The summed E-state index contributed by atoms with van der Waals surface area (Å²) >= 11 is 0. The molecular formula is C9H8BaO6. The molecule has 0 saturated carbocycles. The molecule has 0 aliphatic heterocycles. The molecule has 0 amide bonds. The quantitative estimate of drug-likeness (QED) is 0.690. The summed E-state index contributed by atoms with van der Waals surface area (Å²) in [7, 11) is 0. The van der Waals surface area contributed by atoms with Crippen molar-refractivity contribution in [2.75, 3.05) is 0 Å². The van der Waals surface area contributed by atoms with Crippen LogP contribution in [0.25, 0.3) is 0 Å². The van der Waals surface area contributed by atoms with Gasteiger partial charge in [0.2, 0.25) is 0 Å². The van der Waals surface area contributed by atoms with Crippen molar-refractivity contribution in [2.45, 2.75) is 0 Å². The van der Waals surface area contributed by atoms with Gasteiger partial charge in [-0.05, 0) is 12.1 Å². The largest absolute Gasteiger partial charge is 2.00 e. The number of rotatable bonds is 3. The molecular weight excluding hydrogens is 341 g/mol. The van der Waals surface area contributed by atoms with Crippen LogP contribution in [0.3, 0.4) is 0 Å². The Morgan fingerprint density at radius 2 is 1.25 bits per heavy atom. The minimum Gasteiger partial charge on any atom is -1.00 e. The van der Waals surface area contributed by atoms with E-state index in [0.717, 1.165) is 12.1 Å². The van der Waals surface area contributed by atoms with Crippen LogP contribution in [0.4, 0.5) is 0 Å². The van der Waals surface area contributed by atoms with Crippen LogP contribution in [0.15, 0.2) is 18.2 Å². The number of benzene rings is 1. The summed E-state index contributed by atoms with van der Waals surface area (Å²) in [6.07, 6.45) is 0. The summed E-state index contributed by atoms with van der Waals surface area (Å²) in [4.78, 5) is 32.0. The molecule has 3 N–H and O–H groups in total. The number of carboxylic acids is 3. The number of carboxylic acid groups (broad SMARTS) is 3. The van der Waals surface area contributed by atoms with E-state index in [2.05, 4.69) is 0 Å². The number of aromatic carboxylic acids is 3. The molecule has 0 aliphatic rings. The average Bonchev–Trinajstić information content (AvgIpc) is 2.16. The molecule has 16 heavy (non-hydrogen) atoms.